The maximum atomic E-state index is 13.8. The van der Waals surface area contributed by atoms with Crippen LogP contribution in [-0.2, 0) is 5.88 Å². The van der Waals surface area contributed by atoms with Crippen molar-refractivity contribution in [3.63, 3.8) is 0 Å². The first kappa shape index (κ1) is 12.8. The van der Waals surface area contributed by atoms with E-state index in [-0.39, 0.29) is 5.82 Å². The van der Waals surface area contributed by atoms with Gasteiger partial charge in [0.05, 0.1) is 11.6 Å². The minimum Gasteiger partial charge on any atom is -0.342 e. The highest BCUT2D eigenvalue weighted by Crippen LogP contribution is 2.29. The van der Waals surface area contributed by atoms with E-state index >= 15 is 0 Å². The summed E-state index contributed by atoms with van der Waals surface area (Å²) in [5, 5.41) is 0. The van der Waals surface area contributed by atoms with E-state index in [1.54, 1.807) is 23.2 Å². The van der Waals surface area contributed by atoms with Gasteiger partial charge >= 0.3 is 0 Å². The molecule has 0 bridgehead atoms. The van der Waals surface area contributed by atoms with Crippen LogP contribution in [0.2, 0.25) is 0 Å². The van der Waals surface area contributed by atoms with Gasteiger partial charge in [-0.2, -0.15) is 0 Å². The molecular weight excluding hydrogens is 251 g/mol. The Bertz CT molecular complexity index is 557. The van der Waals surface area contributed by atoms with E-state index in [1.807, 2.05) is 26.1 Å². The third-order valence-electron chi connectivity index (χ3n) is 2.82. The molecule has 0 aliphatic carbocycles. The molecule has 1 heterocycles. The number of alkyl halides is 1. The van der Waals surface area contributed by atoms with Crippen molar-refractivity contribution in [1.29, 1.82) is 0 Å². The summed E-state index contributed by atoms with van der Waals surface area (Å²) in [6.07, 6.45) is 1.73. The lowest BCUT2D eigenvalue weighted by atomic mass is 10.2. The minimum absolute atomic E-state index is 0.255. The topological polar surface area (TPSA) is 16.1 Å². The Morgan fingerprint density at radius 3 is 2.67 bits per heavy atom. The van der Waals surface area contributed by atoms with Gasteiger partial charge in [-0.1, -0.05) is 12.1 Å². The summed E-state index contributed by atoms with van der Waals surface area (Å²) in [4.78, 5) is 6.00. The summed E-state index contributed by atoms with van der Waals surface area (Å²) in [6.45, 7) is 1.90. The smallest absolute Gasteiger partial charge is 0.146 e. The van der Waals surface area contributed by atoms with Gasteiger partial charge in [-0.3, -0.25) is 4.98 Å². The van der Waals surface area contributed by atoms with Crippen LogP contribution in [-0.4, -0.2) is 12.0 Å². The molecule has 0 radical (unpaired) electrons. The molecule has 1 aromatic heterocycles. The fourth-order valence-electron chi connectivity index (χ4n) is 1.84. The van der Waals surface area contributed by atoms with Crippen LogP contribution in [0.5, 0.6) is 0 Å². The van der Waals surface area contributed by atoms with Crippen LogP contribution >= 0.6 is 11.6 Å². The highest BCUT2D eigenvalue weighted by molar-refractivity contribution is 6.17. The zero-order valence-electron chi connectivity index (χ0n) is 10.3. The van der Waals surface area contributed by atoms with Gasteiger partial charge in [-0.25, -0.2) is 4.39 Å². The zero-order valence-corrected chi connectivity index (χ0v) is 11.1. The van der Waals surface area contributed by atoms with E-state index in [1.165, 1.54) is 6.07 Å². The summed E-state index contributed by atoms with van der Waals surface area (Å²) in [5.74, 6) is 0.0940. The monoisotopic (exact) mass is 264 g/mol. The van der Waals surface area contributed by atoms with Crippen LogP contribution in [0.3, 0.4) is 0 Å². The molecule has 0 unspecified atom stereocenters. The minimum atomic E-state index is -0.255. The number of rotatable bonds is 3. The molecular formula is C14H14ClFN2. The lowest BCUT2D eigenvalue weighted by Crippen LogP contribution is -2.13. The predicted molar refractivity (Wildman–Crippen MR) is 73.0 cm³/mol. The molecule has 0 spiro atoms. The number of pyridine rings is 1. The number of hydrogen-bond donors (Lipinski definition) is 0. The van der Waals surface area contributed by atoms with Crippen molar-refractivity contribution < 1.29 is 4.39 Å². The second-order valence-corrected chi connectivity index (χ2v) is 4.37. The van der Waals surface area contributed by atoms with E-state index in [0.717, 1.165) is 16.9 Å². The summed E-state index contributed by atoms with van der Waals surface area (Å²) < 4.78 is 13.8. The third kappa shape index (κ3) is 2.46. The van der Waals surface area contributed by atoms with Gasteiger partial charge in [-0.15, -0.1) is 11.6 Å². The van der Waals surface area contributed by atoms with Crippen LogP contribution in [0.25, 0.3) is 0 Å². The molecule has 0 aliphatic rings. The van der Waals surface area contributed by atoms with Gasteiger partial charge in [0.15, 0.2) is 0 Å². The first-order chi connectivity index (χ1) is 8.63. The molecule has 2 nitrogen and oxygen atoms in total. The second-order valence-electron chi connectivity index (χ2n) is 4.10. The van der Waals surface area contributed by atoms with Gasteiger partial charge in [0.1, 0.15) is 5.82 Å². The number of nitrogens with zero attached hydrogens (tertiary/aromatic N) is 2. The normalized spacial score (nSPS) is 10.4. The van der Waals surface area contributed by atoms with Crippen molar-refractivity contribution in [2.45, 2.75) is 12.8 Å². The Balaban J connectivity index is 2.48. The molecule has 18 heavy (non-hydrogen) atoms. The Kier molecular flexibility index (Phi) is 3.82. The number of halogens is 2. The predicted octanol–water partition coefficient (Wildman–Crippen LogP) is 4.04. The lowest BCUT2D eigenvalue weighted by molar-refractivity contribution is 0.627. The van der Waals surface area contributed by atoms with Crippen LogP contribution in [0.15, 0.2) is 36.5 Å². The van der Waals surface area contributed by atoms with Crippen LogP contribution in [0, 0.1) is 12.7 Å². The zero-order chi connectivity index (χ0) is 13.1. The maximum absolute atomic E-state index is 13.8. The largest absolute Gasteiger partial charge is 0.342 e. The van der Waals surface area contributed by atoms with E-state index < -0.39 is 0 Å². The van der Waals surface area contributed by atoms with Gasteiger partial charge in [0.2, 0.25) is 0 Å². The molecule has 0 aliphatic heterocycles. The molecule has 0 atom stereocenters. The first-order valence-electron chi connectivity index (χ1n) is 5.63. The van der Waals surface area contributed by atoms with E-state index in [2.05, 4.69) is 4.98 Å². The van der Waals surface area contributed by atoms with Crippen molar-refractivity contribution in [2.24, 2.45) is 0 Å². The van der Waals surface area contributed by atoms with E-state index in [9.17, 15) is 4.39 Å². The van der Waals surface area contributed by atoms with Gasteiger partial charge in [0.25, 0.3) is 0 Å². The Labute approximate surface area is 111 Å². The fourth-order valence-corrected chi connectivity index (χ4v) is 2.05. The number of anilines is 2. The molecule has 0 amide bonds. The van der Waals surface area contributed by atoms with Crippen LogP contribution < -0.4 is 4.90 Å². The molecule has 1 aromatic carbocycles. The average Bonchev–Trinajstić information content (AvgIpc) is 2.38. The molecule has 0 saturated carbocycles. The van der Waals surface area contributed by atoms with Crippen LogP contribution in [0.4, 0.5) is 15.8 Å². The standard InChI is InChI=1S/C14H14ClFN2/c1-10-7-14(11(8-15)9-17-10)18(2)13-6-4-3-5-12(13)16/h3-7,9H,8H2,1-2H3. The fraction of sp³-hybridized carbons (Fsp3) is 0.214. The molecule has 2 aromatic rings. The number of hydrogen-bond acceptors (Lipinski definition) is 2. The van der Waals surface area contributed by atoms with Crippen molar-refractivity contribution in [1.82, 2.24) is 4.98 Å². The highest BCUT2D eigenvalue weighted by atomic mass is 35.5. The van der Waals surface area contributed by atoms with Crippen molar-refractivity contribution in [2.75, 3.05) is 11.9 Å². The van der Waals surface area contributed by atoms with Crippen molar-refractivity contribution in [3.05, 3.63) is 53.6 Å². The highest BCUT2D eigenvalue weighted by Gasteiger charge is 2.12. The lowest BCUT2D eigenvalue weighted by Gasteiger charge is -2.22. The Morgan fingerprint density at radius 1 is 1.28 bits per heavy atom. The summed E-state index contributed by atoms with van der Waals surface area (Å²) in [5.41, 5.74) is 3.16. The molecule has 4 heteroatoms. The number of benzene rings is 1. The number of aryl methyl sites for hydroxylation is 1. The summed E-state index contributed by atoms with van der Waals surface area (Å²) in [7, 11) is 1.82. The maximum Gasteiger partial charge on any atom is 0.146 e. The SMILES string of the molecule is Cc1cc(N(C)c2ccccc2F)c(CCl)cn1. The van der Waals surface area contributed by atoms with Crippen LogP contribution in [0.1, 0.15) is 11.3 Å². The Morgan fingerprint density at radius 2 is 2.00 bits per heavy atom. The quantitative estimate of drug-likeness (QED) is 0.778. The summed E-state index contributed by atoms with van der Waals surface area (Å²) >= 11 is 5.90. The van der Waals surface area contributed by atoms with E-state index in [4.69, 9.17) is 11.6 Å². The van der Waals surface area contributed by atoms with Crippen molar-refractivity contribution in [3.8, 4) is 0 Å². The molecule has 2 rings (SSSR count). The first-order valence-corrected chi connectivity index (χ1v) is 6.16. The van der Waals surface area contributed by atoms with Crippen molar-refractivity contribution >= 4 is 23.0 Å². The number of para-hydroxylation sites is 1. The Hall–Kier alpha value is -1.61. The van der Waals surface area contributed by atoms with Gasteiger partial charge in [-0.05, 0) is 25.1 Å². The third-order valence-corrected chi connectivity index (χ3v) is 3.11. The average molecular weight is 265 g/mol. The van der Waals surface area contributed by atoms with E-state index in [0.29, 0.717) is 11.6 Å². The molecule has 0 fully saturated rings. The number of aromatic nitrogens is 1. The second kappa shape index (κ2) is 5.36. The molecule has 94 valence electrons. The molecule has 0 saturated heterocycles. The molecule has 0 N–H and O–H groups in total. The van der Waals surface area contributed by atoms with Gasteiger partial charge < -0.3 is 4.90 Å². The summed E-state index contributed by atoms with van der Waals surface area (Å²) in [6, 6.07) is 8.57. The van der Waals surface area contributed by atoms with Gasteiger partial charge in [0, 0.05) is 30.2 Å².